The molecule has 3 saturated heterocycles. The number of nitrogens with zero attached hydrogens (tertiary/aromatic N) is 5. The van der Waals surface area contributed by atoms with Gasteiger partial charge in [-0.05, 0) is 68.1 Å². The van der Waals surface area contributed by atoms with Crippen molar-refractivity contribution in [1.29, 1.82) is 5.26 Å². The quantitative estimate of drug-likeness (QED) is 0.165. The van der Waals surface area contributed by atoms with Gasteiger partial charge in [0, 0.05) is 32.0 Å². The van der Waals surface area contributed by atoms with Crippen LogP contribution in [-0.4, -0.2) is 82.8 Å². The number of methoxy groups -OCH3 is 1. The predicted octanol–water partition coefficient (Wildman–Crippen LogP) is 6.31. The van der Waals surface area contributed by atoms with Crippen LogP contribution in [0.5, 0.6) is 11.9 Å². The molecule has 5 heterocycles. The number of aromatic nitrogens is 2. The maximum Gasteiger partial charge on any atom is 0.417 e. The van der Waals surface area contributed by atoms with Crippen molar-refractivity contribution in [3.63, 3.8) is 0 Å². The number of benzene rings is 2. The van der Waals surface area contributed by atoms with E-state index < -0.39 is 29.7 Å². The van der Waals surface area contributed by atoms with Crippen molar-refractivity contribution in [2.24, 2.45) is 0 Å². The molecule has 4 aromatic rings. The first-order valence-electron chi connectivity index (χ1n) is 16.2. The molecule has 1 amide bonds. The third-order valence-corrected chi connectivity index (χ3v) is 11.3. The van der Waals surface area contributed by atoms with Crippen molar-refractivity contribution in [3.8, 4) is 29.1 Å². The number of anilines is 1. The summed E-state index contributed by atoms with van der Waals surface area (Å²) >= 11 is 0.796. The van der Waals surface area contributed by atoms with Gasteiger partial charge in [0.05, 0.1) is 44.4 Å². The molecule has 3 aliphatic heterocycles. The molecular formula is C35H34F4N6O4S. The zero-order valence-electron chi connectivity index (χ0n) is 27.3. The number of alkyl halides is 3. The number of likely N-dealkylation sites (tertiary alicyclic amines) is 1. The van der Waals surface area contributed by atoms with Crippen LogP contribution in [0.25, 0.3) is 32.1 Å². The normalized spacial score (nSPS) is 23.8. The first-order chi connectivity index (χ1) is 23.9. The lowest BCUT2D eigenvalue weighted by Gasteiger charge is -2.31. The highest BCUT2D eigenvalue weighted by atomic mass is 32.1. The van der Waals surface area contributed by atoms with E-state index in [1.54, 1.807) is 18.9 Å². The second-order valence-electron chi connectivity index (χ2n) is 13.0. The second-order valence-corrected chi connectivity index (χ2v) is 14.1. The van der Waals surface area contributed by atoms with E-state index in [2.05, 4.69) is 21.4 Å². The molecule has 262 valence electrons. The number of ether oxygens (including phenoxy) is 3. The molecular weight excluding hydrogens is 676 g/mol. The third kappa shape index (κ3) is 5.69. The van der Waals surface area contributed by atoms with Crippen LogP contribution in [0.4, 0.5) is 22.6 Å². The number of hydrogen-bond acceptors (Lipinski definition) is 10. The summed E-state index contributed by atoms with van der Waals surface area (Å²) in [5.41, 5.74) is 4.27. The van der Waals surface area contributed by atoms with Gasteiger partial charge in [-0.2, -0.15) is 28.4 Å². The molecule has 0 radical (unpaired) electrons. The van der Waals surface area contributed by atoms with Gasteiger partial charge in [0.15, 0.2) is 0 Å². The molecule has 0 spiro atoms. The van der Waals surface area contributed by atoms with Crippen LogP contribution < -0.4 is 15.2 Å². The van der Waals surface area contributed by atoms with E-state index in [9.17, 15) is 27.6 Å². The Morgan fingerprint density at radius 2 is 2.06 bits per heavy atom. The van der Waals surface area contributed by atoms with E-state index in [-0.39, 0.29) is 78.7 Å². The van der Waals surface area contributed by atoms with E-state index in [0.29, 0.717) is 13.0 Å². The maximum atomic E-state index is 14.9. The summed E-state index contributed by atoms with van der Waals surface area (Å²) in [6.45, 7) is 7.60. The Morgan fingerprint density at radius 1 is 1.26 bits per heavy atom. The molecule has 4 unspecified atom stereocenters. The number of carbonyl (C=O) groups is 1. The Hall–Kier alpha value is -4.52. The van der Waals surface area contributed by atoms with E-state index >= 15 is 0 Å². The van der Waals surface area contributed by atoms with Crippen molar-refractivity contribution in [3.05, 3.63) is 53.9 Å². The average molecular weight is 711 g/mol. The zero-order chi connectivity index (χ0) is 35.5. The number of fused-ring (bicyclic) bond motifs is 3. The maximum absolute atomic E-state index is 14.9. The molecule has 7 rings (SSSR count). The van der Waals surface area contributed by atoms with Crippen molar-refractivity contribution < 1.29 is 36.6 Å². The second kappa shape index (κ2) is 12.7. The highest BCUT2D eigenvalue weighted by molar-refractivity contribution is 7.23. The molecule has 0 aliphatic carbocycles. The van der Waals surface area contributed by atoms with E-state index in [1.807, 2.05) is 6.07 Å². The van der Waals surface area contributed by atoms with Crippen LogP contribution in [0.2, 0.25) is 0 Å². The first kappa shape index (κ1) is 34.0. The van der Waals surface area contributed by atoms with E-state index in [4.69, 9.17) is 19.9 Å². The smallest absolute Gasteiger partial charge is 0.417 e. The number of thiophene rings is 1. The van der Waals surface area contributed by atoms with Crippen molar-refractivity contribution in [2.75, 3.05) is 39.1 Å². The molecule has 3 fully saturated rings. The minimum atomic E-state index is -4.88. The van der Waals surface area contributed by atoms with Gasteiger partial charge in [-0.1, -0.05) is 12.6 Å². The fraction of sp³-hybridized carbons (Fsp3) is 0.429. The molecule has 10 nitrogen and oxygen atoms in total. The summed E-state index contributed by atoms with van der Waals surface area (Å²) in [5.74, 6) is -1.12. The number of nitriles is 1. The summed E-state index contributed by atoms with van der Waals surface area (Å²) in [4.78, 5) is 25.4. The lowest BCUT2D eigenvalue weighted by atomic mass is 9.93. The minimum Gasteiger partial charge on any atom is -0.471 e. The monoisotopic (exact) mass is 710 g/mol. The minimum absolute atomic E-state index is 0.00508. The highest BCUT2D eigenvalue weighted by Crippen LogP contribution is 2.47. The van der Waals surface area contributed by atoms with Gasteiger partial charge in [0.2, 0.25) is 11.8 Å². The van der Waals surface area contributed by atoms with E-state index in [1.165, 1.54) is 18.2 Å². The van der Waals surface area contributed by atoms with Crippen LogP contribution in [0, 0.1) is 17.1 Å². The van der Waals surface area contributed by atoms with Gasteiger partial charge in [0.25, 0.3) is 0 Å². The van der Waals surface area contributed by atoms with Crippen LogP contribution in [-0.2, 0) is 15.7 Å². The summed E-state index contributed by atoms with van der Waals surface area (Å²) in [6, 6.07) is 5.82. The number of nitrogen functional groups attached to an aromatic ring is 1. The number of nitrogens with two attached hydrogens (primary N) is 1. The van der Waals surface area contributed by atoms with Crippen LogP contribution >= 0.6 is 11.3 Å². The summed E-state index contributed by atoms with van der Waals surface area (Å²) in [6.07, 6.45) is -1.21. The lowest BCUT2D eigenvalue weighted by molar-refractivity contribution is -0.137. The van der Waals surface area contributed by atoms with Gasteiger partial charge in [-0.3, -0.25) is 9.69 Å². The SMILES string of the molecule is C=CC(=O)N1CCC(Oc2nc(OCC34CCCN3CC(OC)C4)nc3cc(-c4ccc(F)c5sc(N)c(C#N)c45)c(C(F)(F)F)cc23)C1C. The Kier molecular flexibility index (Phi) is 8.60. The van der Waals surface area contributed by atoms with Crippen molar-refractivity contribution in [2.45, 2.75) is 62.6 Å². The Balaban J connectivity index is 1.38. The van der Waals surface area contributed by atoms with Gasteiger partial charge < -0.3 is 24.8 Å². The fourth-order valence-electron chi connectivity index (χ4n) is 7.73. The third-order valence-electron chi connectivity index (χ3n) is 10.3. The summed E-state index contributed by atoms with van der Waals surface area (Å²) in [5, 5.41) is 9.80. The van der Waals surface area contributed by atoms with Crippen LogP contribution in [0.3, 0.4) is 0 Å². The van der Waals surface area contributed by atoms with Gasteiger partial charge in [-0.25, -0.2) is 4.39 Å². The molecule has 3 aliphatic rings. The Labute approximate surface area is 289 Å². The van der Waals surface area contributed by atoms with E-state index in [0.717, 1.165) is 55.8 Å². The number of rotatable bonds is 8. The largest absolute Gasteiger partial charge is 0.471 e. The average Bonchev–Trinajstić information content (AvgIpc) is 3.84. The topological polar surface area (TPSA) is 127 Å². The Morgan fingerprint density at radius 3 is 2.78 bits per heavy atom. The molecule has 2 aromatic carbocycles. The number of halogens is 4. The molecule has 50 heavy (non-hydrogen) atoms. The van der Waals surface area contributed by atoms with Crippen molar-refractivity contribution in [1.82, 2.24) is 19.8 Å². The molecule has 2 N–H and O–H groups in total. The predicted molar refractivity (Wildman–Crippen MR) is 179 cm³/mol. The fourth-order valence-corrected chi connectivity index (χ4v) is 8.68. The van der Waals surface area contributed by atoms with Crippen LogP contribution in [0.1, 0.15) is 43.7 Å². The summed E-state index contributed by atoms with van der Waals surface area (Å²) < 4.78 is 77.9. The summed E-state index contributed by atoms with van der Waals surface area (Å²) in [7, 11) is 1.68. The standard InChI is InChI=1S/C35H34F4N6O4S/c1-4-28(46)45-11-8-27(18(45)2)49-32-22-12-24(35(37,38)39)21(20-6-7-25(36)30-29(20)23(15-40)31(41)50-30)13-26(22)42-33(43-32)48-17-34-9-5-10-44(34)16-19(14-34)47-3/h4,6-7,12-13,18-19,27H,1,5,8-11,14,16-17,41H2,2-3H3. The van der Waals surface area contributed by atoms with Gasteiger partial charge in [0.1, 0.15) is 29.6 Å². The molecule has 4 atom stereocenters. The molecule has 15 heteroatoms. The highest BCUT2D eigenvalue weighted by Gasteiger charge is 2.49. The van der Waals surface area contributed by atoms with Crippen LogP contribution in [0.15, 0.2) is 36.9 Å². The van der Waals surface area contributed by atoms with Gasteiger partial charge >= 0.3 is 12.2 Å². The first-order valence-corrected chi connectivity index (χ1v) is 17.0. The van der Waals surface area contributed by atoms with Gasteiger partial charge in [-0.15, -0.1) is 11.3 Å². The lowest BCUT2D eigenvalue weighted by Crippen LogP contribution is -2.43. The molecule has 0 saturated carbocycles. The molecule has 2 aromatic heterocycles. The van der Waals surface area contributed by atoms with Crippen molar-refractivity contribution >= 4 is 43.2 Å². The zero-order valence-corrected chi connectivity index (χ0v) is 28.2. The number of carbonyl (C=O) groups excluding carboxylic acids is 1. The number of amides is 1. The number of hydrogen-bond donors (Lipinski definition) is 1. The Bertz CT molecular complexity index is 2070. The molecule has 0 bridgehead atoms.